The summed E-state index contributed by atoms with van der Waals surface area (Å²) >= 11 is 6.08. The summed E-state index contributed by atoms with van der Waals surface area (Å²) in [4.78, 5) is 59.2. The van der Waals surface area contributed by atoms with Crippen molar-refractivity contribution in [3.63, 3.8) is 0 Å². The van der Waals surface area contributed by atoms with Crippen molar-refractivity contribution in [1.29, 1.82) is 0 Å². The molecule has 0 radical (unpaired) electrons. The van der Waals surface area contributed by atoms with Gasteiger partial charge < -0.3 is 9.84 Å². The molecule has 4 aliphatic rings. The highest BCUT2D eigenvalue weighted by Gasteiger charge is 2.67. The Balaban J connectivity index is 1.33. The molecule has 0 spiro atoms. The van der Waals surface area contributed by atoms with Crippen molar-refractivity contribution in [2.75, 3.05) is 23.0 Å². The molecule has 240 valence electrons. The number of anilines is 2. The van der Waals surface area contributed by atoms with Crippen molar-refractivity contribution >= 4 is 52.7 Å². The van der Waals surface area contributed by atoms with Gasteiger partial charge in [-0.25, -0.2) is 9.29 Å². The molecule has 6 atom stereocenters. The molecule has 2 aliphatic heterocycles. The summed E-state index contributed by atoms with van der Waals surface area (Å²) in [6.45, 7) is 5.51. The number of aliphatic hydroxyl groups excluding tert-OH is 1. The van der Waals surface area contributed by atoms with E-state index in [1.54, 1.807) is 49.4 Å². The van der Waals surface area contributed by atoms with E-state index in [1.807, 2.05) is 18.2 Å². The van der Waals surface area contributed by atoms with E-state index in [2.05, 4.69) is 6.58 Å². The van der Waals surface area contributed by atoms with Crippen LogP contribution < -0.4 is 14.5 Å². The molecule has 10 heteroatoms. The second kappa shape index (κ2) is 11.6. The van der Waals surface area contributed by atoms with Gasteiger partial charge in [-0.15, -0.1) is 0 Å². The van der Waals surface area contributed by atoms with Crippen LogP contribution in [0.1, 0.15) is 36.8 Å². The number of hydrogen-bond acceptors (Lipinski definition) is 6. The Morgan fingerprint density at radius 2 is 1.66 bits per heavy atom. The topological polar surface area (TPSA) is 104 Å². The quantitative estimate of drug-likeness (QED) is 0.250. The van der Waals surface area contributed by atoms with Gasteiger partial charge in [-0.2, -0.15) is 0 Å². The maximum atomic E-state index is 14.5. The average Bonchev–Trinajstić information content (AvgIpc) is 3.45. The number of amides is 4. The molecule has 7 rings (SSSR count). The van der Waals surface area contributed by atoms with E-state index in [0.717, 1.165) is 27.7 Å². The summed E-state index contributed by atoms with van der Waals surface area (Å²) in [6.07, 6.45) is 4.17. The number of allylic oxidation sites excluding steroid dienone is 2. The van der Waals surface area contributed by atoms with Crippen LogP contribution >= 0.6 is 11.6 Å². The summed E-state index contributed by atoms with van der Waals surface area (Å²) in [6, 6.07) is 18.0. The molecule has 2 aliphatic carbocycles. The number of ether oxygens (including phenoxy) is 1. The van der Waals surface area contributed by atoms with Gasteiger partial charge in [0.25, 0.3) is 0 Å². The van der Waals surface area contributed by atoms with E-state index >= 15 is 0 Å². The van der Waals surface area contributed by atoms with Crippen molar-refractivity contribution in [2.45, 2.75) is 25.7 Å². The van der Waals surface area contributed by atoms with Gasteiger partial charge in [-0.1, -0.05) is 60.2 Å². The average molecular weight is 655 g/mol. The van der Waals surface area contributed by atoms with E-state index in [0.29, 0.717) is 17.9 Å². The van der Waals surface area contributed by atoms with Gasteiger partial charge in [-0.3, -0.25) is 24.1 Å². The molecule has 47 heavy (non-hydrogen) atoms. The Kier molecular flexibility index (Phi) is 7.64. The monoisotopic (exact) mass is 654 g/mol. The number of aliphatic hydroxyl groups is 1. The molecule has 3 aromatic rings. The molecule has 4 amide bonds. The third-order valence-electron chi connectivity index (χ3n) is 10.4. The predicted octanol–water partition coefficient (Wildman–Crippen LogP) is 5.93. The third kappa shape index (κ3) is 4.66. The van der Waals surface area contributed by atoms with Gasteiger partial charge in [-0.05, 0) is 79.3 Å². The Hall–Kier alpha value is -4.60. The highest BCUT2D eigenvalue weighted by Crippen LogP contribution is 2.63. The highest BCUT2D eigenvalue weighted by molar-refractivity contribution is 6.32. The number of imide groups is 2. The fourth-order valence-electron chi connectivity index (χ4n) is 8.20. The fraction of sp³-hybridized carbons (Fsp3) is 0.297. The normalized spacial score (nSPS) is 28.2. The van der Waals surface area contributed by atoms with Crippen molar-refractivity contribution in [2.24, 2.45) is 29.1 Å². The lowest BCUT2D eigenvalue weighted by Gasteiger charge is -2.49. The molecular weight excluding hydrogens is 623 g/mol. The third-order valence-corrected chi connectivity index (χ3v) is 10.7. The smallest absolute Gasteiger partial charge is 0.241 e. The molecule has 0 bridgehead atoms. The summed E-state index contributed by atoms with van der Waals surface area (Å²) in [5.74, 6) is -4.89. The summed E-state index contributed by atoms with van der Waals surface area (Å²) < 4.78 is 19.7. The first-order valence-electron chi connectivity index (χ1n) is 15.6. The predicted molar refractivity (Wildman–Crippen MR) is 174 cm³/mol. The second-order valence-electron chi connectivity index (χ2n) is 12.7. The Morgan fingerprint density at radius 3 is 2.32 bits per heavy atom. The molecule has 8 nitrogen and oxygen atoms in total. The fourth-order valence-corrected chi connectivity index (χ4v) is 8.37. The van der Waals surface area contributed by atoms with Crippen LogP contribution in [0.15, 0.2) is 85.0 Å². The van der Waals surface area contributed by atoms with E-state index in [1.165, 1.54) is 17.0 Å². The first-order chi connectivity index (χ1) is 22.6. The van der Waals surface area contributed by atoms with Crippen LogP contribution in [0.2, 0.25) is 5.02 Å². The number of fused-ring (bicyclic) bond motifs is 4. The van der Waals surface area contributed by atoms with Gasteiger partial charge in [0.1, 0.15) is 18.2 Å². The van der Waals surface area contributed by atoms with Crippen LogP contribution in [0.4, 0.5) is 15.8 Å². The number of carbonyl (C=O) groups excluding carboxylic acids is 4. The number of carbonyl (C=O) groups is 4. The standard InChI is InChI=1S/C37H32ClFN2O6/c1-3-20-4-8-22(9-5-20)40-33(43)26-14-13-25-27(31(26)35(40)45)19-28-34(44)41(23-10-15-30(39)29(38)18-23)36(46)37(28,2)32(25)21-6-11-24(12-7-21)47-17-16-42/h3-13,15,18,26-28,31-32,42H,1,14,16-17,19H2,2H3/t26-,27+,28-,31-,32-,37+/m0/s1. The van der Waals surface area contributed by atoms with Gasteiger partial charge >= 0.3 is 0 Å². The Morgan fingerprint density at radius 1 is 0.957 bits per heavy atom. The zero-order valence-electron chi connectivity index (χ0n) is 25.6. The number of benzene rings is 3. The largest absolute Gasteiger partial charge is 0.491 e. The van der Waals surface area contributed by atoms with Crippen LogP contribution in [0.25, 0.3) is 6.08 Å². The van der Waals surface area contributed by atoms with Crippen LogP contribution in [0.5, 0.6) is 5.75 Å². The molecule has 3 aromatic carbocycles. The molecule has 1 N–H and O–H groups in total. The first-order valence-corrected chi connectivity index (χ1v) is 15.9. The molecule has 2 heterocycles. The van der Waals surface area contributed by atoms with Gasteiger partial charge in [0.05, 0.1) is 46.2 Å². The summed E-state index contributed by atoms with van der Waals surface area (Å²) in [5.41, 5.74) is 1.84. The van der Waals surface area contributed by atoms with Crippen molar-refractivity contribution in [3.8, 4) is 5.75 Å². The number of halogens is 2. The summed E-state index contributed by atoms with van der Waals surface area (Å²) in [7, 11) is 0. The van der Waals surface area contributed by atoms with Crippen molar-refractivity contribution in [3.05, 3.63) is 107 Å². The lowest BCUT2D eigenvalue weighted by atomic mass is 9.51. The van der Waals surface area contributed by atoms with Crippen LogP contribution in [-0.4, -0.2) is 41.9 Å². The molecule has 3 fully saturated rings. The van der Waals surface area contributed by atoms with Crippen LogP contribution in [-0.2, 0) is 19.2 Å². The number of rotatable bonds is 7. The minimum absolute atomic E-state index is 0.115. The number of hydrogen-bond donors (Lipinski definition) is 1. The zero-order chi connectivity index (χ0) is 33.2. The van der Waals surface area contributed by atoms with Crippen molar-refractivity contribution in [1.82, 2.24) is 0 Å². The lowest BCUT2D eigenvalue weighted by Crippen LogP contribution is -2.48. The maximum absolute atomic E-state index is 14.5. The van der Waals surface area contributed by atoms with Gasteiger partial charge in [0.2, 0.25) is 23.6 Å². The second-order valence-corrected chi connectivity index (χ2v) is 13.1. The molecule has 1 saturated carbocycles. The van der Waals surface area contributed by atoms with E-state index in [-0.39, 0.29) is 42.2 Å². The highest BCUT2D eigenvalue weighted by atomic mass is 35.5. The molecular formula is C37H32ClFN2O6. The van der Waals surface area contributed by atoms with Crippen LogP contribution in [0.3, 0.4) is 0 Å². The first kappa shape index (κ1) is 31.0. The van der Waals surface area contributed by atoms with Gasteiger partial charge in [0, 0.05) is 5.92 Å². The zero-order valence-corrected chi connectivity index (χ0v) is 26.3. The van der Waals surface area contributed by atoms with Crippen LogP contribution in [0, 0.1) is 34.9 Å². The number of nitrogens with zero attached hydrogens (tertiary/aromatic N) is 2. The van der Waals surface area contributed by atoms with E-state index < -0.39 is 52.6 Å². The SMILES string of the molecule is C=Cc1ccc(N2C(=O)[C@H]3[C@H](CC=C4[C@H]3C[C@H]3C(=O)N(c5ccc(F)c(Cl)c5)C(=O)[C@@]3(C)[C@H]4c3ccc(OCCO)cc3)C2=O)cc1. The Labute approximate surface area is 276 Å². The molecule has 0 aromatic heterocycles. The minimum Gasteiger partial charge on any atom is -0.491 e. The van der Waals surface area contributed by atoms with E-state index in [9.17, 15) is 28.7 Å². The van der Waals surface area contributed by atoms with Crippen molar-refractivity contribution < 1.29 is 33.4 Å². The maximum Gasteiger partial charge on any atom is 0.241 e. The Bertz CT molecular complexity index is 1860. The molecule has 0 unspecified atom stereocenters. The molecule has 2 saturated heterocycles. The minimum atomic E-state index is -1.26. The van der Waals surface area contributed by atoms with Gasteiger partial charge in [0.15, 0.2) is 0 Å². The lowest BCUT2D eigenvalue weighted by molar-refractivity contribution is -0.131. The van der Waals surface area contributed by atoms with E-state index in [4.69, 9.17) is 16.3 Å². The summed E-state index contributed by atoms with van der Waals surface area (Å²) in [5, 5.41) is 8.98.